The van der Waals surface area contributed by atoms with Gasteiger partial charge in [-0.3, -0.25) is 4.79 Å². The first-order chi connectivity index (χ1) is 15.0. The maximum absolute atomic E-state index is 12.1. The normalized spacial score (nSPS) is 10.7. The van der Waals surface area contributed by atoms with Crippen molar-refractivity contribution in [3.8, 4) is 17.2 Å². The van der Waals surface area contributed by atoms with Crippen molar-refractivity contribution in [1.82, 2.24) is 10.3 Å². The van der Waals surface area contributed by atoms with Crippen LogP contribution in [-0.2, 0) is 4.79 Å². The van der Waals surface area contributed by atoms with Gasteiger partial charge in [-0.1, -0.05) is 6.42 Å². The number of nitrogens with one attached hydrogen (secondary N) is 1. The van der Waals surface area contributed by atoms with Crippen LogP contribution in [-0.4, -0.2) is 52.4 Å². The average Bonchev–Trinajstić information content (AvgIpc) is 2.81. The monoisotopic (exact) mass is 428 g/mol. The molecule has 0 saturated heterocycles. The first-order valence-corrected chi connectivity index (χ1v) is 10.2. The van der Waals surface area contributed by atoms with Crippen molar-refractivity contribution >= 4 is 23.5 Å². The van der Waals surface area contributed by atoms with Gasteiger partial charge in [0.15, 0.2) is 11.5 Å². The van der Waals surface area contributed by atoms with Crippen LogP contribution >= 0.6 is 0 Å². The number of anilines is 2. The quantitative estimate of drug-likeness (QED) is 0.396. The van der Waals surface area contributed by atoms with Crippen LogP contribution in [0, 0.1) is 0 Å². The lowest BCUT2D eigenvalue weighted by atomic mass is 10.2. The Kier molecular flexibility index (Phi) is 9.64. The lowest BCUT2D eigenvalue weighted by molar-refractivity contribution is -0.116. The van der Waals surface area contributed by atoms with Crippen molar-refractivity contribution < 1.29 is 19.0 Å². The number of aromatic nitrogens is 1. The van der Waals surface area contributed by atoms with Crippen LogP contribution < -0.4 is 30.2 Å². The zero-order chi connectivity index (χ0) is 22.6. The van der Waals surface area contributed by atoms with Crippen molar-refractivity contribution in [1.29, 1.82) is 0 Å². The third kappa shape index (κ3) is 6.62. The zero-order valence-electron chi connectivity index (χ0n) is 18.7. The number of nitrogens with two attached hydrogens (primary N) is 1. The summed E-state index contributed by atoms with van der Waals surface area (Å²) >= 11 is 0. The SMILES string of the molecule is COc1cc(N(C)c2ncccc2/C=C/C(=O)NCCCCCN)cc(OC)c1OC. The Morgan fingerprint density at radius 2 is 1.84 bits per heavy atom. The Balaban J connectivity index is 2.20. The number of benzene rings is 1. The molecule has 0 aliphatic carbocycles. The molecule has 0 spiro atoms. The number of ether oxygens (including phenoxy) is 3. The maximum Gasteiger partial charge on any atom is 0.244 e. The van der Waals surface area contributed by atoms with Crippen LogP contribution in [0.3, 0.4) is 0 Å². The summed E-state index contributed by atoms with van der Waals surface area (Å²) < 4.78 is 16.3. The van der Waals surface area contributed by atoms with E-state index < -0.39 is 0 Å². The molecule has 0 fully saturated rings. The lowest BCUT2D eigenvalue weighted by Gasteiger charge is -2.22. The third-order valence-electron chi connectivity index (χ3n) is 4.77. The van der Waals surface area contributed by atoms with Gasteiger partial charge < -0.3 is 30.2 Å². The van der Waals surface area contributed by atoms with Crippen LogP contribution in [0.1, 0.15) is 24.8 Å². The van der Waals surface area contributed by atoms with E-state index >= 15 is 0 Å². The van der Waals surface area contributed by atoms with Crippen molar-refractivity contribution in [2.24, 2.45) is 5.73 Å². The van der Waals surface area contributed by atoms with E-state index in [2.05, 4.69) is 10.3 Å². The first-order valence-electron chi connectivity index (χ1n) is 10.2. The number of carbonyl (C=O) groups excluding carboxylic acids is 1. The molecule has 1 aromatic heterocycles. The van der Waals surface area contributed by atoms with Gasteiger partial charge in [0.1, 0.15) is 5.82 Å². The van der Waals surface area contributed by atoms with E-state index in [4.69, 9.17) is 19.9 Å². The van der Waals surface area contributed by atoms with E-state index in [9.17, 15) is 4.79 Å². The zero-order valence-corrected chi connectivity index (χ0v) is 18.7. The van der Waals surface area contributed by atoms with E-state index in [1.54, 1.807) is 33.6 Å². The van der Waals surface area contributed by atoms with Gasteiger partial charge in [-0.15, -0.1) is 0 Å². The Morgan fingerprint density at radius 1 is 1.13 bits per heavy atom. The van der Waals surface area contributed by atoms with Gasteiger partial charge in [0.2, 0.25) is 11.7 Å². The second-order valence-corrected chi connectivity index (χ2v) is 6.83. The average molecular weight is 429 g/mol. The summed E-state index contributed by atoms with van der Waals surface area (Å²) in [5, 5.41) is 2.89. The van der Waals surface area contributed by atoms with E-state index in [0.717, 1.165) is 30.5 Å². The number of pyridine rings is 1. The fraction of sp³-hybridized carbons (Fsp3) is 0.391. The standard InChI is InChI=1S/C23H32N4O4/c1-27(18-15-19(29-2)22(31-4)20(16-18)30-3)23-17(9-8-14-26-23)10-11-21(28)25-13-7-5-6-12-24/h8-11,14-16H,5-7,12-13,24H2,1-4H3,(H,25,28)/b11-10+. The molecular formula is C23H32N4O4. The largest absolute Gasteiger partial charge is 0.493 e. The molecule has 1 amide bonds. The summed E-state index contributed by atoms with van der Waals surface area (Å²) in [6, 6.07) is 7.42. The molecule has 8 heteroatoms. The molecule has 1 heterocycles. The highest BCUT2D eigenvalue weighted by Crippen LogP contribution is 2.42. The van der Waals surface area contributed by atoms with Crippen LogP contribution in [0.4, 0.5) is 11.5 Å². The second-order valence-electron chi connectivity index (χ2n) is 6.83. The Bertz CT molecular complexity index is 861. The molecule has 0 aliphatic heterocycles. The minimum Gasteiger partial charge on any atom is -0.493 e. The van der Waals surface area contributed by atoms with Crippen molar-refractivity contribution in [3.63, 3.8) is 0 Å². The van der Waals surface area contributed by atoms with Gasteiger partial charge in [-0.05, 0) is 37.6 Å². The fourth-order valence-corrected chi connectivity index (χ4v) is 3.09. The fourth-order valence-electron chi connectivity index (χ4n) is 3.09. The van der Waals surface area contributed by atoms with E-state index in [1.807, 2.05) is 36.2 Å². The summed E-state index contributed by atoms with van der Waals surface area (Å²) in [6.07, 6.45) is 7.88. The van der Waals surface area contributed by atoms with Crippen LogP contribution in [0.2, 0.25) is 0 Å². The highest BCUT2D eigenvalue weighted by atomic mass is 16.5. The van der Waals surface area contributed by atoms with E-state index in [-0.39, 0.29) is 5.91 Å². The van der Waals surface area contributed by atoms with Crippen molar-refractivity contribution in [2.45, 2.75) is 19.3 Å². The summed E-state index contributed by atoms with van der Waals surface area (Å²) in [4.78, 5) is 18.5. The predicted molar refractivity (Wildman–Crippen MR) is 123 cm³/mol. The van der Waals surface area contributed by atoms with Crippen molar-refractivity contribution in [3.05, 3.63) is 42.1 Å². The molecule has 0 radical (unpaired) electrons. The number of hydrogen-bond acceptors (Lipinski definition) is 7. The van der Waals surface area contributed by atoms with Gasteiger partial charge in [0.05, 0.1) is 21.3 Å². The Labute approximate surface area is 184 Å². The number of nitrogens with zero attached hydrogens (tertiary/aromatic N) is 2. The molecule has 168 valence electrons. The predicted octanol–water partition coefficient (Wildman–Crippen LogP) is 3.13. The van der Waals surface area contributed by atoms with Gasteiger partial charge in [0.25, 0.3) is 0 Å². The summed E-state index contributed by atoms with van der Waals surface area (Å²) in [6.45, 7) is 1.31. The summed E-state index contributed by atoms with van der Waals surface area (Å²) in [5.74, 6) is 2.16. The molecule has 1 aromatic carbocycles. The molecule has 8 nitrogen and oxygen atoms in total. The number of rotatable bonds is 12. The van der Waals surface area contributed by atoms with Crippen LogP contribution in [0.15, 0.2) is 36.5 Å². The lowest BCUT2D eigenvalue weighted by Crippen LogP contribution is -2.22. The topological polar surface area (TPSA) is 98.9 Å². The number of carbonyl (C=O) groups is 1. The Hall–Kier alpha value is -3.26. The molecule has 3 N–H and O–H groups in total. The first kappa shape index (κ1) is 24.0. The number of hydrogen-bond donors (Lipinski definition) is 2. The molecular weight excluding hydrogens is 396 g/mol. The molecule has 0 atom stereocenters. The Morgan fingerprint density at radius 3 is 2.45 bits per heavy atom. The third-order valence-corrected chi connectivity index (χ3v) is 4.77. The number of methoxy groups -OCH3 is 3. The summed E-state index contributed by atoms with van der Waals surface area (Å²) in [7, 11) is 6.60. The molecule has 0 aliphatic rings. The van der Waals surface area contributed by atoms with Crippen LogP contribution in [0.25, 0.3) is 6.08 Å². The minimum absolute atomic E-state index is 0.141. The second kappa shape index (κ2) is 12.4. The van der Waals surface area contributed by atoms with E-state index in [1.165, 1.54) is 6.08 Å². The highest BCUT2D eigenvalue weighted by molar-refractivity contribution is 5.92. The van der Waals surface area contributed by atoms with Gasteiger partial charge in [0, 0.05) is 49.2 Å². The molecule has 31 heavy (non-hydrogen) atoms. The number of unbranched alkanes of at least 4 members (excludes halogenated alkanes) is 2. The molecule has 2 rings (SSSR count). The van der Waals surface area contributed by atoms with Crippen molar-refractivity contribution in [2.75, 3.05) is 46.4 Å². The highest BCUT2D eigenvalue weighted by Gasteiger charge is 2.17. The molecule has 2 aromatic rings. The minimum atomic E-state index is -0.141. The van der Waals surface area contributed by atoms with Gasteiger partial charge in [-0.2, -0.15) is 0 Å². The van der Waals surface area contributed by atoms with Crippen LogP contribution in [0.5, 0.6) is 17.2 Å². The molecule has 0 bridgehead atoms. The molecule has 0 unspecified atom stereocenters. The van der Waals surface area contributed by atoms with E-state index in [0.29, 0.717) is 36.2 Å². The molecule has 0 saturated carbocycles. The number of amides is 1. The summed E-state index contributed by atoms with van der Waals surface area (Å²) in [5.41, 5.74) is 7.08. The smallest absolute Gasteiger partial charge is 0.244 e. The van der Waals surface area contributed by atoms with Gasteiger partial charge in [-0.25, -0.2) is 4.98 Å². The maximum atomic E-state index is 12.1. The van der Waals surface area contributed by atoms with Gasteiger partial charge >= 0.3 is 0 Å².